The minimum atomic E-state index is -3.87. The Labute approximate surface area is 199 Å². The maximum atomic E-state index is 12.7. The van der Waals surface area contributed by atoms with E-state index in [9.17, 15) is 18.0 Å². The van der Waals surface area contributed by atoms with Gasteiger partial charge in [-0.15, -0.1) is 0 Å². The molecule has 4 rings (SSSR count). The number of esters is 1. The van der Waals surface area contributed by atoms with Crippen LogP contribution in [0.3, 0.4) is 0 Å². The van der Waals surface area contributed by atoms with Crippen LogP contribution in [-0.2, 0) is 19.6 Å². The van der Waals surface area contributed by atoms with Gasteiger partial charge in [-0.05, 0) is 54.7 Å². The molecule has 2 aliphatic heterocycles. The second-order valence-corrected chi connectivity index (χ2v) is 10.5. The summed E-state index contributed by atoms with van der Waals surface area (Å²) in [5, 5.41) is 0. The zero-order valence-electron chi connectivity index (χ0n) is 19.2. The number of carbonyl (C=O) groups excluding carboxylic acids is 2. The van der Waals surface area contributed by atoms with Crippen molar-refractivity contribution in [2.45, 2.75) is 25.2 Å². The molecule has 1 saturated heterocycles. The molecule has 1 N–H and O–H groups in total. The van der Waals surface area contributed by atoms with Gasteiger partial charge in [-0.2, -0.15) is 0 Å². The van der Waals surface area contributed by atoms with Crippen molar-refractivity contribution in [3.05, 3.63) is 48.0 Å². The molecule has 34 heavy (non-hydrogen) atoms. The van der Waals surface area contributed by atoms with Gasteiger partial charge in [0.1, 0.15) is 13.2 Å². The summed E-state index contributed by atoms with van der Waals surface area (Å²) in [7, 11) is -3.87. The third-order valence-electron chi connectivity index (χ3n) is 5.75. The summed E-state index contributed by atoms with van der Waals surface area (Å²) < 4.78 is 44.0. The van der Waals surface area contributed by atoms with Crippen molar-refractivity contribution < 1.29 is 32.2 Å². The van der Waals surface area contributed by atoms with Crippen LogP contribution in [0.4, 0.5) is 5.69 Å². The molecule has 0 aromatic heterocycles. The molecule has 2 aliphatic rings. The molecule has 2 heterocycles. The van der Waals surface area contributed by atoms with E-state index in [1.807, 2.05) is 0 Å². The molecule has 1 amide bonds. The first-order chi connectivity index (χ1) is 16.2. The second kappa shape index (κ2) is 9.92. The molecule has 10 heteroatoms. The Balaban J connectivity index is 1.34. The molecule has 2 aromatic rings. The molecule has 182 valence electrons. The lowest BCUT2D eigenvalue weighted by atomic mass is 9.92. The minimum absolute atomic E-state index is 0.0279. The summed E-state index contributed by atoms with van der Waals surface area (Å²) in [6.45, 7) is 5.98. The zero-order chi connectivity index (χ0) is 24.3. The van der Waals surface area contributed by atoms with Crippen LogP contribution < -0.4 is 14.2 Å². The van der Waals surface area contributed by atoms with Crippen molar-refractivity contribution >= 4 is 27.6 Å². The largest absolute Gasteiger partial charge is 0.486 e. The van der Waals surface area contributed by atoms with Crippen molar-refractivity contribution in [1.29, 1.82) is 0 Å². The lowest BCUT2D eigenvalue weighted by Crippen LogP contribution is -2.44. The number of likely N-dealkylation sites (tertiary alicyclic amines) is 1. The van der Waals surface area contributed by atoms with Crippen LogP contribution in [0.2, 0.25) is 0 Å². The summed E-state index contributed by atoms with van der Waals surface area (Å²) in [5.41, 5.74) is 0.495. The van der Waals surface area contributed by atoms with E-state index in [4.69, 9.17) is 14.2 Å². The van der Waals surface area contributed by atoms with Gasteiger partial charge in [-0.3, -0.25) is 9.52 Å². The summed E-state index contributed by atoms with van der Waals surface area (Å²) in [6.07, 6.45) is 1.08. The van der Waals surface area contributed by atoms with Crippen LogP contribution in [-0.4, -0.2) is 58.1 Å². The van der Waals surface area contributed by atoms with Gasteiger partial charge >= 0.3 is 5.97 Å². The van der Waals surface area contributed by atoms with Gasteiger partial charge in [0.25, 0.3) is 15.9 Å². The van der Waals surface area contributed by atoms with Crippen LogP contribution >= 0.6 is 0 Å². The maximum Gasteiger partial charge on any atom is 0.338 e. The number of sulfonamides is 1. The van der Waals surface area contributed by atoms with Crippen molar-refractivity contribution in [2.24, 2.45) is 11.8 Å². The van der Waals surface area contributed by atoms with Gasteiger partial charge in [-0.1, -0.05) is 13.8 Å². The number of carbonyl (C=O) groups is 2. The molecule has 2 aromatic carbocycles. The number of nitrogens with one attached hydrogen (secondary N) is 1. The molecule has 2 atom stereocenters. The smallest absolute Gasteiger partial charge is 0.338 e. The molecule has 0 aliphatic carbocycles. The van der Waals surface area contributed by atoms with Crippen LogP contribution in [0.1, 0.15) is 30.6 Å². The first-order valence-corrected chi connectivity index (χ1v) is 12.7. The normalized spacial score (nSPS) is 19.9. The Morgan fingerprint density at radius 1 is 1.00 bits per heavy atom. The van der Waals surface area contributed by atoms with Gasteiger partial charge in [0.05, 0.1) is 10.5 Å². The van der Waals surface area contributed by atoms with E-state index < -0.39 is 16.0 Å². The lowest BCUT2D eigenvalue weighted by Gasteiger charge is -2.34. The molecule has 2 unspecified atom stereocenters. The van der Waals surface area contributed by atoms with E-state index in [2.05, 4.69) is 18.6 Å². The van der Waals surface area contributed by atoms with Crippen LogP contribution in [0.25, 0.3) is 0 Å². The summed E-state index contributed by atoms with van der Waals surface area (Å²) in [5.74, 6) is 0.845. The fraction of sp³-hybridized carbons (Fsp3) is 0.417. The Bertz CT molecular complexity index is 1150. The van der Waals surface area contributed by atoms with Crippen molar-refractivity contribution in [3.8, 4) is 11.5 Å². The number of anilines is 1. The van der Waals surface area contributed by atoms with Gasteiger partial charge in [0.2, 0.25) is 0 Å². The Morgan fingerprint density at radius 2 is 1.65 bits per heavy atom. The quantitative estimate of drug-likeness (QED) is 0.623. The van der Waals surface area contributed by atoms with E-state index in [1.54, 1.807) is 11.0 Å². The minimum Gasteiger partial charge on any atom is -0.486 e. The zero-order valence-corrected chi connectivity index (χ0v) is 20.0. The Morgan fingerprint density at radius 3 is 2.32 bits per heavy atom. The molecular weight excluding hydrogens is 460 g/mol. The molecule has 9 nitrogen and oxygen atoms in total. The average Bonchev–Trinajstić information content (AvgIpc) is 2.81. The maximum absolute atomic E-state index is 12.7. The van der Waals surface area contributed by atoms with Crippen molar-refractivity contribution in [2.75, 3.05) is 37.6 Å². The summed E-state index contributed by atoms with van der Waals surface area (Å²) in [6, 6.07) is 10.2. The van der Waals surface area contributed by atoms with Gasteiger partial charge < -0.3 is 19.1 Å². The number of nitrogens with zero attached hydrogens (tertiary/aromatic N) is 1. The predicted octanol–water partition coefficient (Wildman–Crippen LogP) is 2.92. The summed E-state index contributed by atoms with van der Waals surface area (Å²) in [4.78, 5) is 26.5. The van der Waals surface area contributed by atoms with E-state index in [0.29, 0.717) is 49.6 Å². The van der Waals surface area contributed by atoms with Gasteiger partial charge in [0, 0.05) is 24.8 Å². The van der Waals surface area contributed by atoms with Crippen molar-refractivity contribution in [1.82, 2.24) is 4.90 Å². The van der Waals surface area contributed by atoms with E-state index in [-0.39, 0.29) is 28.7 Å². The predicted molar refractivity (Wildman–Crippen MR) is 124 cm³/mol. The number of amides is 1. The van der Waals surface area contributed by atoms with E-state index in [1.165, 1.54) is 36.4 Å². The lowest BCUT2D eigenvalue weighted by molar-refractivity contribution is -0.137. The molecule has 0 saturated carbocycles. The van der Waals surface area contributed by atoms with Crippen LogP contribution in [0, 0.1) is 11.8 Å². The first-order valence-electron chi connectivity index (χ1n) is 11.2. The topological polar surface area (TPSA) is 111 Å². The number of hydrogen-bond donors (Lipinski definition) is 1. The second-order valence-electron chi connectivity index (χ2n) is 8.81. The third kappa shape index (κ3) is 5.61. The van der Waals surface area contributed by atoms with Gasteiger partial charge in [-0.25, -0.2) is 13.2 Å². The van der Waals surface area contributed by atoms with Crippen LogP contribution in [0.15, 0.2) is 47.4 Å². The Hall–Kier alpha value is -3.27. The number of benzene rings is 2. The first kappa shape index (κ1) is 23.9. The number of piperidine rings is 1. The summed E-state index contributed by atoms with van der Waals surface area (Å²) >= 11 is 0. The molecule has 0 spiro atoms. The number of ether oxygens (including phenoxy) is 3. The van der Waals surface area contributed by atoms with Crippen LogP contribution in [0.5, 0.6) is 11.5 Å². The fourth-order valence-electron chi connectivity index (χ4n) is 4.25. The highest BCUT2D eigenvalue weighted by Crippen LogP contribution is 2.32. The highest BCUT2D eigenvalue weighted by Gasteiger charge is 2.26. The SMILES string of the molecule is CC1CC(C)CN(C(=O)COC(=O)c2ccc(NS(=O)(=O)c3ccc4c(c3)OCCO4)cc2)C1. The average molecular weight is 489 g/mol. The third-order valence-corrected chi connectivity index (χ3v) is 7.12. The van der Waals surface area contributed by atoms with Crippen molar-refractivity contribution in [3.63, 3.8) is 0 Å². The highest BCUT2D eigenvalue weighted by molar-refractivity contribution is 7.92. The van der Waals surface area contributed by atoms with E-state index >= 15 is 0 Å². The van der Waals surface area contributed by atoms with E-state index in [0.717, 1.165) is 6.42 Å². The number of rotatable bonds is 6. The standard InChI is InChI=1S/C24H28N2O7S/c1-16-11-17(2)14-26(13-16)23(27)15-33-24(28)18-3-5-19(6-4-18)25-34(29,30)20-7-8-21-22(12-20)32-10-9-31-21/h3-8,12,16-17,25H,9-11,13-15H2,1-2H3. The monoisotopic (exact) mass is 488 g/mol. The molecule has 0 radical (unpaired) electrons. The Kier molecular flexibility index (Phi) is 6.97. The number of fused-ring (bicyclic) bond motifs is 1. The highest BCUT2D eigenvalue weighted by atomic mass is 32.2. The van der Waals surface area contributed by atoms with Gasteiger partial charge in [0.15, 0.2) is 18.1 Å². The molecule has 1 fully saturated rings. The molecule has 0 bridgehead atoms. The fourth-order valence-corrected chi connectivity index (χ4v) is 5.32. The molecular formula is C24H28N2O7S. The number of hydrogen-bond acceptors (Lipinski definition) is 7.